The summed E-state index contributed by atoms with van der Waals surface area (Å²) in [4.78, 5) is 1.03. The first-order chi connectivity index (χ1) is 9.03. The summed E-state index contributed by atoms with van der Waals surface area (Å²) in [6, 6.07) is 3.63. The third-order valence-corrected chi connectivity index (χ3v) is 6.84. The van der Waals surface area contributed by atoms with Crippen LogP contribution in [0.2, 0.25) is 0 Å². The molecule has 2 rings (SSSR count). The first kappa shape index (κ1) is 15.0. The highest BCUT2D eigenvalue weighted by Gasteiger charge is 2.27. The average Bonchev–Trinajstić information content (AvgIpc) is 2.82. The molecule has 2 atom stereocenters. The molecule has 0 radical (unpaired) electrons. The second-order valence-electron chi connectivity index (χ2n) is 5.25. The highest BCUT2D eigenvalue weighted by Crippen LogP contribution is 2.27. The van der Waals surface area contributed by atoms with E-state index in [0.29, 0.717) is 16.7 Å². The van der Waals surface area contributed by atoms with E-state index < -0.39 is 10.0 Å². The van der Waals surface area contributed by atoms with Crippen molar-refractivity contribution in [3.8, 4) is 0 Å². The summed E-state index contributed by atoms with van der Waals surface area (Å²) in [6.07, 6.45) is 5.11. The van der Waals surface area contributed by atoms with Crippen molar-refractivity contribution in [1.29, 1.82) is 0 Å². The van der Waals surface area contributed by atoms with Crippen molar-refractivity contribution in [2.45, 2.75) is 49.3 Å². The average molecular weight is 302 g/mol. The van der Waals surface area contributed by atoms with Crippen molar-refractivity contribution in [3.63, 3.8) is 0 Å². The lowest BCUT2D eigenvalue weighted by molar-refractivity contribution is 0.310. The Morgan fingerprint density at radius 3 is 2.79 bits per heavy atom. The lowest BCUT2D eigenvalue weighted by atomic mass is 9.87. The minimum atomic E-state index is -3.36. The number of sulfonamides is 1. The van der Waals surface area contributed by atoms with Crippen LogP contribution in [-0.2, 0) is 16.4 Å². The van der Waals surface area contributed by atoms with Crippen LogP contribution in [0.1, 0.15) is 37.5 Å². The molecule has 0 spiro atoms. The van der Waals surface area contributed by atoms with Gasteiger partial charge in [-0.25, -0.2) is 13.1 Å². The molecule has 0 aromatic carbocycles. The maximum absolute atomic E-state index is 12.3. The van der Waals surface area contributed by atoms with Crippen molar-refractivity contribution < 1.29 is 8.42 Å². The van der Waals surface area contributed by atoms with Crippen molar-refractivity contribution in [2.24, 2.45) is 11.7 Å². The number of rotatable bonds is 5. The van der Waals surface area contributed by atoms with E-state index in [0.717, 1.165) is 30.6 Å². The van der Waals surface area contributed by atoms with Gasteiger partial charge in [-0.15, -0.1) is 11.3 Å². The molecule has 1 aromatic heterocycles. The van der Waals surface area contributed by atoms with E-state index in [9.17, 15) is 8.42 Å². The number of thiophene rings is 1. The molecular weight excluding hydrogens is 280 g/mol. The summed E-state index contributed by atoms with van der Waals surface area (Å²) in [5, 5.41) is 0. The van der Waals surface area contributed by atoms with Crippen LogP contribution in [0.4, 0.5) is 0 Å². The fourth-order valence-electron chi connectivity index (χ4n) is 2.53. The van der Waals surface area contributed by atoms with Crippen LogP contribution in [0.15, 0.2) is 16.3 Å². The van der Waals surface area contributed by atoms with Gasteiger partial charge in [0.05, 0.1) is 0 Å². The number of nitrogens with one attached hydrogen (secondary N) is 1. The molecule has 0 bridgehead atoms. The minimum Gasteiger partial charge on any atom is -0.330 e. The van der Waals surface area contributed by atoms with Crippen molar-refractivity contribution in [3.05, 3.63) is 17.0 Å². The van der Waals surface area contributed by atoms with Crippen LogP contribution in [0.5, 0.6) is 0 Å². The standard InChI is InChI=1S/C13H22N2O2S2/c1-10-4-2-3-5-12(10)15-19(16,17)13-7-6-11(18-13)8-9-14/h6-7,10,12,15H,2-5,8-9,14H2,1H3. The predicted molar refractivity (Wildman–Crippen MR) is 78.8 cm³/mol. The lowest BCUT2D eigenvalue weighted by Gasteiger charge is -2.28. The van der Waals surface area contributed by atoms with E-state index >= 15 is 0 Å². The topological polar surface area (TPSA) is 72.2 Å². The zero-order valence-electron chi connectivity index (χ0n) is 11.3. The normalized spacial score (nSPS) is 24.5. The molecule has 1 saturated carbocycles. The van der Waals surface area contributed by atoms with E-state index in [1.54, 1.807) is 6.07 Å². The van der Waals surface area contributed by atoms with Gasteiger partial charge in [0.15, 0.2) is 0 Å². The predicted octanol–water partition coefficient (Wildman–Crippen LogP) is 2.11. The van der Waals surface area contributed by atoms with Crippen LogP contribution >= 0.6 is 11.3 Å². The zero-order valence-corrected chi connectivity index (χ0v) is 12.9. The molecule has 4 nitrogen and oxygen atoms in total. The highest BCUT2D eigenvalue weighted by molar-refractivity contribution is 7.91. The molecule has 108 valence electrons. The van der Waals surface area contributed by atoms with Crippen molar-refractivity contribution >= 4 is 21.4 Å². The number of hydrogen-bond donors (Lipinski definition) is 2. The first-order valence-corrected chi connectivity index (χ1v) is 9.14. The first-order valence-electron chi connectivity index (χ1n) is 6.84. The fourth-order valence-corrected chi connectivity index (χ4v) is 5.29. The Hall–Kier alpha value is -0.430. The summed E-state index contributed by atoms with van der Waals surface area (Å²) in [5.41, 5.74) is 5.49. The Bertz CT molecular complexity index is 510. The Morgan fingerprint density at radius 1 is 1.37 bits per heavy atom. The molecule has 19 heavy (non-hydrogen) atoms. The second-order valence-corrected chi connectivity index (χ2v) is 8.36. The summed E-state index contributed by atoms with van der Waals surface area (Å²) in [5.74, 6) is 0.423. The summed E-state index contributed by atoms with van der Waals surface area (Å²) in [7, 11) is -3.36. The maximum Gasteiger partial charge on any atom is 0.250 e. The smallest absolute Gasteiger partial charge is 0.250 e. The Balaban J connectivity index is 2.08. The monoisotopic (exact) mass is 302 g/mol. The van der Waals surface area contributed by atoms with Gasteiger partial charge in [0, 0.05) is 10.9 Å². The molecule has 1 aliphatic carbocycles. The van der Waals surface area contributed by atoms with E-state index in [2.05, 4.69) is 11.6 Å². The van der Waals surface area contributed by atoms with E-state index in [1.165, 1.54) is 17.8 Å². The van der Waals surface area contributed by atoms with Crippen molar-refractivity contribution in [2.75, 3.05) is 6.54 Å². The zero-order chi connectivity index (χ0) is 13.9. The van der Waals surface area contributed by atoms with Gasteiger partial charge in [-0.05, 0) is 43.9 Å². The SMILES string of the molecule is CC1CCCCC1NS(=O)(=O)c1ccc(CCN)s1. The molecule has 0 amide bonds. The van der Waals surface area contributed by atoms with Gasteiger partial charge >= 0.3 is 0 Å². The van der Waals surface area contributed by atoms with Crippen LogP contribution in [0.3, 0.4) is 0 Å². The molecule has 1 aromatic rings. The molecular formula is C13H22N2O2S2. The largest absolute Gasteiger partial charge is 0.330 e. The lowest BCUT2D eigenvalue weighted by Crippen LogP contribution is -2.40. The summed E-state index contributed by atoms with van der Waals surface area (Å²) < 4.78 is 27.9. The van der Waals surface area contributed by atoms with Gasteiger partial charge in [0.25, 0.3) is 0 Å². The second kappa shape index (κ2) is 6.35. The van der Waals surface area contributed by atoms with Gasteiger partial charge in [0.2, 0.25) is 10.0 Å². The Morgan fingerprint density at radius 2 is 2.11 bits per heavy atom. The molecule has 6 heteroatoms. The molecule has 0 aliphatic heterocycles. The molecule has 2 unspecified atom stereocenters. The third kappa shape index (κ3) is 3.78. The third-order valence-electron chi connectivity index (χ3n) is 3.71. The highest BCUT2D eigenvalue weighted by atomic mass is 32.2. The van der Waals surface area contributed by atoms with Gasteiger partial charge in [-0.2, -0.15) is 0 Å². The summed E-state index contributed by atoms with van der Waals surface area (Å²) in [6.45, 7) is 2.67. The van der Waals surface area contributed by atoms with E-state index in [-0.39, 0.29) is 6.04 Å². The van der Waals surface area contributed by atoms with Gasteiger partial charge < -0.3 is 5.73 Å². The quantitative estimate of drug-likeness (QED) is 0.875. The molecule has 1 fully saturated rings. The Kier molecular flexibility index (Phi) is 5.00. The fraction of sp³-hybridized carbons (Fsp3) is 0.692. The van der Waals surface area contributed by atoms with Crippen LogP contribution in [-0.4, -0.2) is 21.0 Å². The minimum absolute atomic E-state index is 0.0822. The van der Waals surface area contributed by atoms with Crippen LogP contribution in [0.25, 0.3) is 0 Å². The maximum atomic E-state index is 12.3. The number of hydrogen-bond acceptors (Lipinski definition) is 4. The van der Waals surface area contributed by atoms with E-state index in [4.69, 9.17) is 5.73 Å². The van der Waals surface area contributed by atoms with Crippen LogP contribution < -0.4 is 10.5 Å². The Labute approximate surface area is 119 Å². The van der Waals surface area contributed by atoms with E-state index in [1.807, 2.05) is 6.07 Å². The number of nitrogens with two attached hydrogens (primary N) is 1. The molecule has 0 saturated heterocycles. The molecule has 1 aliphatic rings. The molecule has 3 N–H and O–H groups in total. The molecule has 1 heterocycles. The van der Waals surface area contributed by atoms with Gasteiger partial charge in [-0.3, -0.25) is 0 Å². The summed E-state index contributed by atoms with van der Waals surface area (Å²) >= 11 is 1.32. The van der Waals surface area contributed by atoms with Gasteiger partial charge in [0.1, 0.15) is 4.21 Å². The van der Waals surface area contributed by atoms with Crippen molar-refractivity contribution in [1.82, 2.24) is 4.72 Å². The van der Waals surface area contributed by atoms with Crippen LogP contribution in [0, 0.1) is 5.92 Å². The van der Waals surface area contributed by atoms with Gasteiger partial charge in [-0.1, -0.05) is 19.8 Å².